The number of nitrogens with one attached hydrogen (secondary N) is 1. The predicted molar refractivity (Wildman–Crippen MR) is 152 cm³/mol. The van der Waals surface area contributed by atoms with Crippen LogP contribution in [0.4, 0.5) is 5.69 Å². The highest BCUT2D eigenvalue weighted by Crippen LogP contribution is 2.28. The van der Waals surface area contributed by atoms with Gasteiger partial charge in [-0.3, -0.25) is 13.9 Å². The first-order valence-corrected chi connectivity index (χ1v) is 14.8. The molecule has 10 heteroatoms. The lowest BCUT2D eigenvalue weighted by atomic mass is 9.87. The van der Waals surface area contributed by atoms with Gasteiger partial charge in [-0.2, -0.15) is 0 Å². The van der Waals surface area contributed by atoms with Crippen molar-refractivity contribution in [3.8, 4) is 0 Å². The van der Waals surface area contributed by atoms with E-state index in [0.717, 1.165) is 22.5 Å². The van der Waals surface area contributed by atoms with Gasteiger partial charge in [-0.05, 0) is 55.5 Å². The molecule has 7 nitrogen and oxygen atoms in total. The van der Waals surface area contributed by atoms with Gasteiger partial charge >= 0.3 is 0 Å². The summed E-state index contributed by atoms with van der Waals surface area (Å²) in [5.74, 6) is -0.917. The van der Waals surface area contributed by atoms with Crippen LogP contribution in [0.2, 0.25) is 10.0 Å². The van der Waals surface area contributed by atoms with Crippen molar-refractivity contribution < 1.29 is 18.0 Å². The van der Waals surface area contributed by atoms with Gasteiger partial charge in [0.25, 0.3) is 0 Å². The maximum atomic E-state index is 13.7. The van der Waals surface area contributed by atoms with E-state index >= 15 is 0 Å². The average molecular weight is 571 g/mol. The highest BCUT2D eigenvalue weighted by molar-refractivity contribution is 7.92. The normalized spacial score (nSPS) is 13.5. The molecule has 0 saturated carbocycles. The van der Waals surface area contributed by atoms with Crippen LogP contribution in [0.15, 0.2) is 42.5 Å². The fourth-order valence-corrected chi connectivity index (χ4v) is 5.01. The smallest absolute Gasteiger partial charge is 0.244 e. The second kappa shape index (κ2) is 12.5. The van der Waals surface area contributed by atoms with E-state index in [0.29, 0.717) is 21.3 Å². The molecule has 2 rings (SSSR count). The topological polar surface area (TPSA) is 86.8 Å². The van der Waals surface area contributed by atoms with E-state index in [9.17, 15) is 18.0 Å². The lowest BCUT2D eigenvalue weighted by molar-refractivity contribution is -0.139. The molecule has 0 aromatic heterocycles. The van der Waals surface area contributed by atoms with Gasteiger partial charge < -0.3 is 10.2 Å². The molecule has 0 aliphatic carbocycles. The summed E-state index contributed by atoms with van der Waals surface area (Å²) in [6, 6.07) is 11.0. The van der Waals surface area contributed by atoms with E-state index in [4.69, 9.17) is 23.2 Å². The van der Waals surface area contributed by atoms with E-state index in [1.165, 1.54) is 4.90 Å². The number of anilines is 1. The van der Waals surface area contributed by atoms with Crippen molar-refractivity contribution in [2.45, 2.75) is 72.0 Å². The number of nitrogens with zero attached hydrogens (tertiary/aromatic N) is 2. The fourth-order valence-electron chi connectivity index (χ4n) is 3.64. The third-order valence-electron chi connectivity index (χ3n) is 6.26. The summed E-state index contributed by atoms with van der Waals surface area (Å²) in [5, 5.41) is 3.57. The molecule has 2 aromatic rings. The van der Waals surface area contributed by atoms with Crippen LogP contribution < -0.4 is 9.62 Å². The van der Waals surface area contributed by atoms with Crippen LogP contribution in [0.3, 0.4) is 0 Å². The highest BCUT2D eigenvalue weighted by atomic mass is 35.5. The Morgan fingerprint density at radius 3 is 2.00 bits per heavy atom. The number of carbonyl (C=O) groups excluding carboxylic acids is 2. The van der Waals surface area contributed by atoms with E-state index < -0.39 is 28.5 Å². The Morgan fingerprint density at radius 2 is 1.54 bits per heavy atom. The van der Waals surface area contributed by atoms with Crippen molar-refractivity contribution in [3.63, 3.8) is 0 Å². The maximum Gasteiger partial charge on any atom is 0.244 e. The Balaban J connectivity index is 2.46. The molecule has 37 heavy (non-hydrogen) atoms. The second-order valence-electron chi connectivity index (χ2n) is 10.3. The van der Waals surface area contributed by atoms with Crippen LogP contribution in [0.25, 0.3) is 0 Å². The summed E-state index contributed by atoms with van der Waals surface area (Å²) in [6.07, 6.45) is 1.77. The molecule has 0 aliphatic heterocycles. The summed E-state index contributed by atoms with van der Waals surface area (Å²) in [7, 11) is -3.82. The number of amides is 2. The zero-order valence-electron chi connectivity index (χ0n) is 22.5. The molecule has 0 radical (unpaired) electrons. The first kappa shape index (κ1) is 30.9. The number of hydrogen-bond acceptors (Lipinski definition) is 4. The molecule has 2 aromatic carbocycles. The van der Waals surface area contributed by atoms with E-state index in [-0.39, 0.29) is 23.9 Å². The number of carbonyl (C=O) groups is 2. The molecule has 2 atom stereocenters. The molecule has 0 fully saturated rings. The summed E-state index contributed by atoms with van der Waals surface area (Å²) in [5.41, 5.74) is 1.74. The molecule has 0 saturated heterocycles. The van der Waals surface area contributed by atoms with Crippen molar-refractivity contribution in [2.75, 3.05) is 17.1 Å². The third kappa shape index (κ3) is 8.35. The van der Waals surface area contributed by atoms with Gasteiger partial charge in [-0.15, -0.1) is 0 Å². The van der Waals surface area contributed by atoms with Crippen molar-refractivity contribution in [2.24, 2.45) is 0 Å². The highest BCUT2D eigenvalue weighted by Gasteiger charge is 2.31. The van der Waals surface area contributed by atoms with E-state index in [1.54, 1.807) is 37.3 Å². The Bertz CT molecular complexity index is 1190. The van der Waals surface area contributed by atoms with Crippen molar-refractivity contribution in [1.29, 1.82) is 0 Å². The minimum absolute atomic E-state index is 0.0625. The zero-order valence-corrected chi connectivity index (χ0v) is 24.8. The van der Waals surface area contributed by atoms with Crippen LogP contribution in [0.5, 0.6) is 0 Å². The van der Waals surface area contributed by atoms with Gasteiger partial charge in [0.05, 0.1) is 11.9 Å². The minimum Gasteiger partial charge on any atom is -0.352 e. The minimum atomic E-state index is -3.82. The van der Waals surface area contributed by atoms with Gasteiger partial charge in [-0.25, -0.2) is 8.42 Å². The average Bonchev–Trinajstić information content (AvgIpc) is 2.80. The molecule has 0 spiro atoms. The summed E-state index contributed by atoms with van der Waals surface area (Å²) < 4.78 is 26.6. The van der Waals surface area contributed by atoms with Gasteiger partial charge in [-0.1, -0.05) is 69.1 Å². The maximum absolute atomic E-state index is 13.7. The van der Waals surface area contributed by atoms with Gasteiger partial charge in [0.2, 0.25) is 21.8 Å². The van der Waals surface area contributed by atoms with Crippen LogP contribution in [0.1, 0.15) is 59.1 Å². The molecule has 0 heterocycles. The lowest BCUT2D eigenvalue weighted by Gasteiger charge is -2.32. The van der Waals surface area contributed by atoms with Crippen LogP contribution in [-0.2, 0) is 31.6 Å². The second-order valence-corrected chi connectivity index (χ2v) is 13.0. The SMILES string of the molecule is CCC(C)NC(=O)C(C)N(Cc1c(Cl)cccc1Cl)C(=O)CN(c1ccc(C(C)(C)C)cc1)S(C)(=O)=O. The molecule has 0 aliphatic rings. The first-order chi connectivity index (χ1) is 17.1. The van der Waals surface area contributed by atoms with Crippen LogP contribution >= 0.6 is 23.2 Å². The molecule has 2 amide bonds. The van der Waals surface area contributed by atoms with Crippen molar-refractivity contribution in [1.82, 2.24) is 10.2 Å². The zero-order chi connectivity index (χ0) is 28.1. The summed E-state index contributed by atoms with van der Waals surface area (Å²) in [6.45, 7) is 11.0. The number of benzene rings is 2. The van der Waals surface area contributed by atoms with Gasteiger partial charge in [0.15, 0.2) is 0 Å². The summed E-state index contributed by atoms with van der Waals surface area (Å²) in [4.78, 5) is 28.0. The Hall–Kier alpha value is -2.29. The monoisotopic (exact) mass is 569 g/mol. The molecular formula is C27H37Cl2N3O4S. The van der Waals surface area contributed by atoms with Gasteiger partial charge in [0.1, 0.15) is 12.6 Å². The largest absolute Gasteiger partial charge is 0.352 e. The fraction of sp³-hybridized carbons (Fsp3) is 0.481. The van der Waals surface area contributed by atoms with E-state index in [2.05, 4.69) is 26.1 Å². The molecule has 204 valence electrons. The first-order valence-electron chi connectivity index (χ1n) is 12.2. The standard InChI is InChI=1S/C27H37Cl2N3O4S/c1-8-18(2)30-26(34)19(3)31(16-22-23(28)10-9-11-24(22)29)25(33)17-32(37(7,35)36)21-14-12-20(13-15-21)27(4,5)6/h9-15,18-19H,8,16-17H2,1-7H3,(H,30,34). The van der Waals surface area contributed by atoms with Crippen LogP contribution in [-0.4, -0.2) is 50.0 Å². The molecular weight excluding hydrogens is 533 g/mol. The molecule has 0 bridgehead atoms. The van der Waals surface area contributed by atoms with E-state index in [1.807, 2.05) is 26.0 Å². The Kier molecular flexibility index (Phi) is 10.5. The third-order valence-corrected chi connectivity index (χ3v) is 8.11. The predicted octanol–water partition coefficient (Wildman–Crippen LogP) is 5.39. The number of rotatable bonds is 10. The summed E-state index contributed by atoms with van der Waals surface area (Å²) >= 11 is 12.7. The molecule has 1 N–H and O–H groups in total. The quantitative estimate of drug-likeness (QED) is 0.415. The lowest BCUT2D eigenvalue weighted by Crippen LogP contribution is -2.52. The number of sulfonamides is 1. The van der Waals surface area contributed by atoms with Crippen LogP contribution in [0, 0.1) is 0 Å². The number of hydrogen-bond donors (Lipinski definition) is 1. The molecule has 2 unspecified atom stereocenters. The van der Waals surface area contributed by atoms with Crippen molar-refractivity contribution in [3.05, 3.63) is 63.6 Å². The Labute approximate surface area is 231 Å². The Morgan fingerprint density at radius 1 is 1.00 bits per heavy atom. The van der Waals surface area contributed by atoms with Crippen molar-refractivity contribution >= 4 is 50.7 Å². The number of halogens is 2. The van der Waals surface area contributed by atoms with Gasteiger partial charge in [0, 0.05) is 28.2 Å².